The van der Waals surface area contributed by atoms with Crippen LogP contribution in [0.5, 0.6) is 0 Å². The Kier molecular flexibility index (Phi) is 5.20. The predicted octanol–water partition coefficient (Wildman–Crippen LogP) is 3.39. The Morgan fingerprint density at radius 2 is 2.15 bits per heavy atom. The second kappa shape index (κ2) is 6.90. The quantitative estimate of drug-likeness (QED) is 0.668. The SMILES string of the molecule is CC1CCN(CCNc2c(Cl)cccc2[N+](=O)[O-])CC1. The summed E-state index contributed by atoms with van der Waals surface area (Å²) in [5.74, 6) is 0.809. The van der Waals surface area contributed by atoms with Crippen molar-refractivity contribution in [2.45, 2.75) is 19.8 Å². The summed E-state index contributed by atoms with van der Waals surface area (Å²) in [6.07, 6.45) is 2.46. The van der Waals surface area contributed by atoms with Gasteiger partial charge in [0.05, 0.1) is 9.95 Å². The molecule has 20 heavy (non-hydrogen) atoms. The predicted molar refractivity (Wildman–Crippen MR) is 81.4 cm³/mol. The summed E-state index contributed by atoms with van der Waals surface area (Å²) in [4.78, 5) is 13.0. The van der Waals surface area contributed by atoms with Crippen LogP contribution in [0.3, 0.4) is 0 Å². The van der Waals surface area contributed by atoms with Gasteiger partial charge in [0.1, 0.15) is 5.69 Å². The zero-order valence-electron chi connectivity index (χ0n) is 11.6. The smallest absolute Gasteiger partial charge is 0.293 e. The number of halogens is 1. The van der Waals surface area contributed by atoms with Crippen LogP contribution in [0.1, 0.15) is 19.8 Å². The molecule has 1 N–H and O–H groups in total. The van der Waals surface area contributed by atoms with E-state index in [1.54, 1.807) is 12.1 Å². The first-order chi connectivity index (χ1) is 9.58. The minimum Gasteiger partial charge on any atom is -0.377 e. The summed E-state index contributed by atoms with van der Waals surface area (Å²) >= 11 is 6.03. The van der Waals surface area contributed by atoms with Crippen molar-refractivity contribution in [2.24, 2.45) is 5.92 Å². The van der Waals surface area contributed by atoms with E-state index in [1.807, 2.05) is 0 Å². The number of para-hydroxylation sites is 1. The molecule has 1 aromatic rings. The van der Waals surface area contributed by atoms with Gasteiger partial charge in [-0.1, -0.05) is 24.6 Å². The van der Waals surface area contributed by atoms with Crippen LogP contribution in [0.25, 0.3) is 0 Å². The van der Waals surface area contributed by atoms with Gasteiger partial charge in [-0.15, -0.1) is 0 Å². The maximum atomic E-state index is 11.0. The van der Waals surface area contributed by atoms with Crippen LogP contribution >= 0.6 is 11.6 Å². The van der Waals surface area contributed by atoms with Gasteiger partial charge < -0.3 is 10.2 Å². The molecule has 0 amide bonds. The Morgan fingerprint density at radius 3 is 2.80 bits per heavy atom. The standard InChI is InChI=1S/C14H20ClN3O2/c1-11-5-8-17(9-6-11)10-7-16-14-12(15)3-2-4-13(14)18(19)20/h2-4,11,16H,5-10H2,1H3. The van der Waals surface area contributed by atoms with E-state index in [9.17, 15) is 10.1 Å². The van der Waals surface area contributed by atoms with Gasteiger partial charge in [-0.05, 0) is 37.9 Å². The molecule has 0 saturated carbocycles. The van der Waals surface area contributed by atoms with Crippen molar-refractivity contribution in [3.05, 3.63) is 33.3 Å². The number of hydrogen-bond acceptors (Lipinski definition) is 4. The molecular weight excluding hydrogens is 278 g/mol. The molecule has 1 fully saturated rings. The minimum atomic E-state index is -0.406. The minimum absolute atomic E-state index is 0.0322. The number of nitro benzene ring substituents is 1. The zero-order valence-corrected chi connectivity index (χ0v) is 12.4. The normalized spacial score (nSPS) is 17.1. The van der Waals surface area contributed by atoms with Crippen molar-refractivity contribution < 1.29 is 4.92 Å². The van der Waals surface area contributed by atoms with Crippen molar-refractivity contribution in [1.29, 1.82) is 0 Å². The van der Waals surface area contributed by atoms with Crippen LogP contribution in [0.15, 0.2) is 18.2 Å². The highest BCUT2D eigenvalue weighted by Crippen LogP contribution is 2.31. The number of nitrogens with zero attached hydrogens (tertiary/aromatic N) is 2. The number of nitrogens with one attached hydrogen (secondary N) is 1. The van der Waals surface area contributed by atoms with Gasteiger partial charge in [0.25, 0.3) is 5.69 Å². The van der Waals surface area contributed by atoms with Gasteiger partial charge in [-0.2, -0.15) is 0 Å². The Hall–Kier alpha value is -1.33. The molecule has 0 unspecified atom stereocenters. The van der Waals surface area contributed by atoms with Crippen LogP contribution in [0.2, 0.25) is 5.02 Å². The number of nitro groups is 1. The van der Waals surface area contributed by atoms with Gasteiger partial charge in [0, 0.05) is 19.2 Å². The topological polar surface area (TPSA) is 58.4 Å². The first-order valence-electron chi connectivity index (χ1n) is 6.97. The maximum absolute atomic E-state index is 11.0. The number of hydrogen-bond donors (Lipinski definition) is 1. The highest BCUT2D eigenvalue weighted by Gasteiger charge is 2.18. The van der Waals surface area contributed by atoms with Crippen molar-refractivity contribution in [2.75, 3.05) is 31.5 Å². The lowest BCUT2D eigenvalue weighted by atomic mass is 9.99. The molecule has 0 aliphatic carbocycles. The van der Waals surface area contributed by atoms with Gasteiger partial charge in [0.15, 0.2) is 0 Å². The highest BCUT2D eigenvalue weighted by atomic mass is 35.5. The summed E-state index contributed by atoms with van der Waals surface area (Å²) < 4.78 is 0. The highest BCUT2D eigenvalue weighted by molar-refractivity contribution is 6.33. The summed E-state index contributed by atoms with van der Waals surface area (Å²) in [5.41, 5.74) is 0.453. The van der Waals surface area contributed by atoms with E-state index < -0.39 is 4.92 Å². The summed E-state index contributed by atoms with van der Waals surface area (Å²) in [5, 5.41) is 14.5. The third-order valence-corrected chi connectivity index (χ3v) is 4.11. The van der Waals surface area contributed by atoms with E-state index in [0.717, 1.165) is 25.6 Å². The molecule has 1 aliphatic rings. The van der Waals surface area contributed by atoms with Gasteiger partial charge in [0.2, 0.25) is 0 Å². The monoisotopic (exact) mass is 297 g/mol. The summed E-state index contributed by atoms with van der Waals surface area (Å²) in [7, 11) is 0. The van der Waals surface area contributed by atoms with Gasteiger partial charge >= 0.3 is 0 Å². The fourth-order valence-corrected chi connectivity index (χ4v) is 2.70. The van der Waals surface area contributed by atoms with E-state index in [1.165, 1.54) is 18.9 Å². The van der Waals surface area contributed by atoms with Crippen LogP contribution in [0.4, 0.5) is 11.4 Å². The second-order valence-electron chi connectivity index (χ2n) is 5.34. The van der Waals surface area contributed by atoms with Crippen molar-refractivity contribution in [3.8, 4) is 0 Å². The average molecular weight is 298 g/mol. The summed E-state index contributed by atoms with van der Waals surface area (Å²) in [6.45, 7) is 6.04. The van der Waals surface area contributed by atoms with E-state index in [-0.39, 0.29) is 5.69 Å². The third-order valence-electron chi connectivity index (χ3n) is 3.79. The molecule has 2 rings (SSSR count). The molecule has 1 aromatic carbocycles. The molecule has 1 saturated heterocycles. The zero-order chi connectivity index (χ0) is 14.5. The summed E-state index contributed by atoms with van der Waals surface area (Å²) in [6, 6.07) is 4.73. The third kappa shape index (κ3) is 3.84. The molecule has 0 aromatic heterocycles. The number of anilines is 1. The van der Waals surface area contributed by atoms with Crippen LogP contribution in [0, 0.1) is 16.0 Å². The lowest BCUT2D eigenvalue weighted by molar-refractivity contribution is -0.383. The van der Waals surface area contributed by atoms with Crippen molar-refractivity contribution in [3.63, 3.8) is 0 Å². The van der Waals surface area contributed by atoms with Crippen LogP contribution in [-0.2, 0) is 0 Å². The fraction of sp³-hybridized carbons (Fsp3) is 0.571. The number of likely N-dealkylation sites (tertiary alicyclic amines) is 1. The molecule has 0 spiro atoms. The molecule has 0 radical (unpaired) electrons. The molecule has 0 atom stereocenters. The Labute approximate surface area is 124 Å². The van der Waals surface area contributed by atoms with Crippen LogP contribution < -0.4 is 5.32 Å². The van der Waals surface area contributed by atoms with E-state index in [0.29, 0.717) is 17.3 Å². The first-order valence-corrected chi connectivity index (χ1v) is 7.35. The number of rotatable bonds is 5. The number of benzene rings is 1. The molecule has 1 heterocycles. The Morgan fingerprint density at radius 1 is 1.45 bits per heavy atom. The van der Waals surface area contributed by atoms with Gasteiger partial charge in [-0.25, -0.2) is 0 Å². The second-order valence-corrected chi connectivity index (χ2v) is 5.75. The molecular formula is C14H20ClN3O2. The Balaban J connectivity index is 1.89. The van der Waals surface area contributed by atoms with Gasteiger partial charge in [-0.3, -0.25) is 10.1 Å². The largest absolute Gasteiger partial charge is 0.377 e. The average Bonchev–Trinajstić information content (AvgIpc) is 2.42. The fourth-order valence-electron chi connectivity index (χ4n) is 2.46. The van der Waals surface area contributed by atoms with Crippen molar-refractivity contribution in [1.82, 2.24) is 4.90 Å². The molecule has 110 valence electrons. The Bertz CT molecular complexity index is 473. The lowest BCUT2D eigenvalue weighted by Gasteiger charge is -2.30. The lowest BCUT2D eigenvalue weighted by Crippen LogP contribution is -2.36. The molecule has 5 nitrogen and oxygen atoms in total. The first kappa shape index (κ1) is 15.1. The van der Waals surface area contributed by atoms with E-state index in [4.69, 9.17) is 11.6 Å². The molecule has 6 heteroatoms. The molecule has 0 bridgehead atoms. The number of piperidine rings is 1. The van der Waals surface area contributed by atoms with Crippen LogP contribution in [-0.4, -0.2) is 36.0 Å². The molecule has 1 aliphatic heterocycles. The maximum Gasteiger partial charge on any atom is 0.293 e. The van der Waals surface area contributed by atoms with E-state index in [2.05, 4.69) is 17.1 Å². The van der Waals surface area contributed by atoms with Crippen molar-refractivity contribution >= 4 is 23.0 Å². The van der Waals surface area contributed by atoms with E-state index >= 15 is 0 Å².